The molecule has 0 unspecified atom stereocenters. The van der Waals surface area contributed by atoms with Gasteiger partial charge in [-0.3, -0.25) is 14.5 Å². The van der Waals surface area contributed by atoms with Crippen molar-refractivity contribution in [3.8, 4) is 11.5 Å². The molecule has 0 spiro atoms. The Kier molecular flexibility index (Phi) is 5.08. The molecule has 2 aliphatic rings. The predicted octanol–water partition coefficient (Wildman–Crippen LogP) is 3.18. The van der Waals surface area contributed by atoms with Crippen molar-refractivity contribution in [2.24, 2.45) is 5.92 Å². The van der Waals surface area contributed by atoms with Crippen LogP contribution < -0.4 is 14.4 Å². The molecule has 1 aromatic carbocycles. The number of benzene rings is 1. The molecule has 1 saturated heterocycles. The third-order valence-electron chi connectivity index (χ3n) is 5.84. The highest BCUT2D eigenvalue weighted by molar-refractivity contribution is 6.22. The Bertz CT molecular complexity index is 937. The van der Waals surface area contributed by atoms with Crippen LogP contribution in [0.15, 0.2) is 34.7 Å². The highest BCUT2D eigenvalue weighted by atomic mass is 16.5. The molecule has 0 radical (unpaired) electrons. The first-order valence-electron chi connectivity index (χ1n) is 9.80. The number of rotatable bonds is 7. The first-order valence-corrected chi connectivity index (χ1v) is 9.80. The zero-order valence-corrected chi connectivity index (χ0v) is 17.2. The number of furan rings is 1. The molecule has 154 valence electrons. The van der Waals surface area contributed by atoms with E-state index in [9.17, 15) is 9.59 Å². The topological polar surface area (TPSA) is 72.2 Å². The molecular weight excluding hydrogens is 372 g/mol. The lowest BCUT2D eigenvalue weighted by atomic mass is 10.2. The second kappa shape index (κ2) is 7.55. The van der Waals surface area contributed by atoms with Crippen LogP contribution in [0, 0.1) is 5.92 Å². The molecule has 0 N–H and O–H groups in total. The Balaban J connectivity index is 1.48. The summed E-state index contributed by atoms with van der Waals surface area (Å²) in [5.74, 6) is 3.56. The van der Waals surface area contributed by atoms with Gasteiger partial charge in [0.25, 0.3) is 5.91 Å². The van der Waals surface area contributed by atoms with Gasteiger partial charge < -0.3 is 13.9 Å². The van der Waals surface area contributed by atoms with Crippen molar-refractivity contribution >= 4 is 17.5 Å². The lowest BCUT2D eigenvalue weighted by Gasteiger charge is -2.22. The number of carbonyl (C=O) groups is 2. The third kappa shape index (κ3) is 3.62. The molecule has 1 saturated carbocycles. The summed E-state index contributed by atoms with van der Waals surface area (Å²) in [6, 6.07) is 8.49. The molecule has 1 aliphatic heterocycles. The summed E-state index contributed by atoms with van der Waals surface area (Å²) in [6.45, 7) is 2.69. The number of amides is 2. The van der Waals surface area contributed by atoms with Gasteiger partial charge in [-0.1, -0.05) is 6.92 Å². The van der Waals surface area contributed by atoms with E-state index in [0.29, 0.717) is 35.6 Å². The van der Waals surface area contributed by atoms with Gasteiger partial charge in [0.15, 0.2) is 11.5 Å². The van der Waals surface area contributed by atoms with Gasteiger partial charge in [0.1, 0.15) is 11.5 Å². The zero-order chi connectivity index (χ0) is 20.7. The van der Waals surface area contributed by atoms with E-state index in [-0.39, 0.29) is 18.2 Å². The monoisotopic (exact) mass is 398 g/mol. The molecule has 1 aromatic heterocycles. The van der Waals surface area contributed by atoms with Gasteiger partial charge >= 0.3 is 0 Å². The average Bonchev–Trinajstić information content (AvgIpc) is 3.12. The summed E-state index contributed by atoms with van der Waals surface area (Å²) >= 11 is 0. The SMILES string of the molecule is COc1ccc(N2C(=O)C[C@H](N(C)Cc3ccc([C@@H]4C[C@@H]4C)o3)C2=O)cc1OC. The van der Waals surface area contributed by atoms with Gasteiger partial charge in [0.2, 0.25) is 5.91 Å². The number of nitrogens with zero attached hydrogens (tertiary/aromatic N) is 2. The van der Waals surface area contributed by atoms with E-state index >= 15 is 0 Å². The van der Waals surface area contributed by atoms with Crippen LogP contribution in [0.2, 0.25) is 0 Å². The number of methoxy groups -OCH3 is 2. The second-order valence-electron chi connectivity index (χ2n) is 7.87. The number of imide groups is 1. The third-order valence-corrected chi connectivity index (χ3v) is 5.84. The van der Waals surface area contributed by atoms with Crippen LogP contribution >= 0.6 is 0 Å². The summed E-state index contributed by atoms with van der Waals surface area (Å²) < 4.78 is 16.5. The highest BCUT2D eigenvalue weighted by Crippen LogP contribution is 2.47. The lowest BCUT2D eigenvalue weighted by molar-refractivity contribution is -0.122. The molecule has 3 atom stereocenters. The highest BCUT2D eigenvalue weighted by Gasteiger charge is 2.42. The fraction of sp³-hybridized carbons (Fsp3) is 0.455. The Morgan fingerprint density at radius 3 is 2.52 bits per heavy atom. The molecule has 0 bridgehead atoms. The largest absolute Gasteiger partial charge is 0.493 e. The Morgan fingerprint density at radius 1 is 1.14 bits per heavy atom. The molecule has 2 aromatic rings. The minimum atomic E-state index is -0.524. The first-order chi connectivity index (χ1) is 13.9. The van der Waals surface area contributed by atoms with E-state index in [1.54, 1.807) is 25.3 Å². The molecule has 2 fully saturated rings. The van der Waals surface area contributed by atoms with Crippen LogP contribution in [0.4, 0.5) is 5.69 Å². The van der Waals surface area contributed by atoms with E-state index in [1.165, 1.54) is 18.4 Å². The van der Waals surface area contributed by atoms with Crippen molar-refractivity contribution < 1.29 is 23.5 Å². The maximum Gasteiger partial charge on any atom is 0.251 e. The lowest BCUT2D eigenvalue weighted by Crippen LogP contribution is -2.39. The number of likely N-dealkylation sites (N-methyl/N-ethyl adjacent to an activating group) is 1. The molecule has 2 amide bonds. The van der Waals surface area contributed by atoms with Crippen molar-refractivity contribution in [1.82, 2.24) is 4.90 Å². The molecule has 7 heteroatoms. The van der Waals surface area contributed by atoms with E-state index in [0.717, 1.165) is 11.5 Å². The molecular formula is C22H26N2O5. The fourth-order valence-corrected chi connectivity index (χ4v) is 3.95. The smallest absolute Gasteiger partial charge is 0.251 e. The molecule has 4 rings (SSSR count). The zero-order valence-electron chi connectivity index (χ0n) is 17.2. The van der Waals surface area contributed by atoms with Crippen LogP contribution in [0.25, 0.3) is 0 Å². The number of anilines is 1. The summed E-state index contributed by atoms with van der Waals surface area (Å²) in [4.78, 5) is 28.8. The van der Waals surface area contributed by atoms with Gasteiger partial charge in [0.05, 0.1) is 38.9 Å². The Labute approximate surface area is 170 Å². The normalized spacial score (nSPS) is 23.8. The summed E-state index contributed by atoms with van der Waals surface area (Å²) in [5, 5.41) is 0. The minimum Gasteiger partial charge on any atom is -0.493 e. The van der Waals surface area contributed by atoms with Gasteiger partial charge in [-0.15, -0.1) is 0 Å². The number of carbonyl (C=O) groups excluding carboxylic acids is 2. The molecule has 29 heavy (non-hydrogen) atoms. The maximum atomic E-state index is 13.0. The molecule has 7 nitrogen and oxygen atoms in total. The molecule has 1 aliphatic carbocycles. The van der Waals surface area contributed by atoms with Crippen molar-refractivity contribution in [2.45, 2.75) is 38.3 Å². The van der Waals surface area contributed by atoms with Gasteiger partial charge in [-0.05, 0) is 43.7 Å². The summed E-state index contributed by atoms with van der Waals surface area (Å²) in [6.07, 6.45) is 1.30. The quantitative estimate of drug-likeness (QED) is 0.667. The minimum absolute atomic E-state index is 0.136. The van der Waals surface area contributed by atoms with Crippen molar-refractivity contribution in [1.29, 1.82) is 0 Å². The predicted molar refractivity (Wildman–Crippen MR) is 107 cm³/mol. The van der Waals surface area contributed by atoms with Gasteiger partial charge in [-0.2, -0.15) is 0 Å². The van der Waals surface area contributed by atoms with Crippen LogP contribution in [0.1, 0.15) is 37.2 Å². The second-order valence-corrected chi connectivity index (χ2v) is 7.87. The van der Waals surface area contributed by atoms with Crippen LogP contribution in [-0.4, -0.2) is 44.0 Å². The van der Waals surface area contributed by atoms with Crippen molar-refractivity contribution in [3.63, 3.8) is 0 Å². The molecule has 2 heterocycles. The number of hydrogen-bond acceptors (Lipinski definition) is 6. The van der Waals surface area contributed by atoms with Gasteiger partial charge in [0, 0.05) is 12.0 Å². The number of ether oxygens (including phenoxy) is 2. The summed E-state index contributed by atoms with van der Waals surface area (Å²) in [7, 11) is 4.90. The van der Waals surface area contributed by atoms with Crippen molar-refractivity contribution in [2.75, 3.05) is 26.2 Å². The van der Waals surface area contributed by atoms with E-state index < -0.39 is 6.04 Å². The maximum absolute atomic E-state index is 13.0. The van der Waals surface area contributed by atoms with Crippen LogP contribution in [-0.2, 0) is 16.1 Å². The van der Waals surface area contributed by atoms with E-state index in [2.05, 4.69) is 6.92 Å². The first kappa shape index (κ1) is 19.5. The van der Waals surface area contributed by atoms with Crippen molar-refractivity contribution in [3.05, 3.63) is 41.9 Å². The Hall–Kier alpha value is -2.80. The van der Waals surface area contributed by atoms with Gasteiger partial charge in [-0.25, -0.2) is 4.90 Å². The van der Waals surface area contributed by atoms with Crippen LogP contribution in [0.5, 0.6) is 11.5 Å². The Morgan fingerprint density at radius 2 is 1.86 bits per heavy atom. The summed E-state index contributed by atoms with van der Waals surface area (Å²) in [5.41, 5.74) is 0.483. The standard InChI is InChI=1S/C22H26N2O5/c1-13-9-16(13)18-8-6-15(29-18)12-23(2)17-11-21(25)24(22(17)26)14-5-7-19(27-3)20(10-14)28-4/h5-8,10,13,16-17H,9,11-12H2,1-4H3/t13-,16+,17-/m0/s1. The average molecular weight is 398 g/mol. The van der Waals surface area contributed by atoms with E-state index in [1.807, 2.05) is 24.1 Å². The fourth-order valence-electron chi connectivity index (χ4n) is 3.95. The van der Waals surface area contributed by atoms with Crippen LogP contribution in [0.3, 0.4) is 0 Å². The van der Waals surface area contributed by atoms with E-state index in [4.69, 9.17) is 13.9 Å². The number of hydrogen-bond donors (Lipinski definition) is 0.